The molecule has 0 bridgehead atoms. The Morgan fingerprint density at radius 2 is 1.95 bits per heavy atom. The second-order valence-electron chi connectivity index (χ2n) is 4.24. The summed E-state index contributed by atoms with van der Waals surface area (Å²) in [7, 11) is 0. The summed E-state index contributed by atoms with van der Waals surface area (Å²) in [5, 5.41) is 5.46. The maximum atomic E-state index is 6.20. The molecule has 0 aliphatic carbocycles. The molecular weight excluding hydrogens is 299 g/mol. The Morgan fingerprint density at radius 1 is 1.11 bits per heavy atom. The molecule has 3 aromatic rings. The van der Waals surface area contributed by atoms with Crippen LogP contribution in [0.25, 0.3) is 10.2 Å². The summed E-state index contributed by atoms with van der Waals surface area (Å²) in [6.07, 6.45) is 0. The normalized spacial score (nSPS) is 10.9. The van der Waals surface area contributed by atoms with Gasteiger partial charge in [-0.1, -0.05) is 40.6 Å². The lowest BCUT2D eigenvalue weighted by molar-refractivity contribution is 1.42. The molecule has 1 N–H and O–H groups in total. The average Bonchev–Trinajstić information content (AvgIpc) is 2.74. The first-order valence-electron chi connectivity index (χ1n) is 5.71. The molecule has 0 radical (unpaired) electrons. The molecule has 2 nitrogen and oxygen atoms in total. The number of nitrogens with zero attached hydrogens (tertiary/aromatic N) is 1. The topological polar surface area (TPSA) is 24.9 Å². The number of nitrogens with one attached hydrogen (secondary N) is 1. The van der Waals surface area contributed by atoms with E-state index in [1.807, 2.05) is 43.3 Å². The molecule has 0 aliphatic heterocycles. The van der Waals surface area contributed by atoms with Gasteiger partial charge in [-0.25, -0.2) is 4.98 Å². The summed E-state index contributed by atoms with van der Waals surface area (Å²) in [5.74, 6) is 0. The molecule has 19 heavy (non-hydrogen) atoms. The van der Waals surface area contributed by atoms with Crippen molar-refractivity contribution in [2.24, 2.45) is 0 Å². The number of halogens is 2. The van der Waals surface area contributed by atoms with Crippen molar-refractivity contribution in [1.82, 2.24) is 4.98 Å². The van der Waals surface area contributed by atoms with Crippen LogP contribution in [-0.2, 0) is 0 Å². The molecule has 0 unspecified atom stereocenters. The van der Waals surface area contributed by atoms with E-state index >= 15 is 0 Å². The third kappa shape index (κ3) is 2.68. The predicted molar refractivity (Wildman–Crippen MR) is 84.1 cm³/mol. The summed E-state index contributed by atoms with van der Waals surface area (Å²) < 4.78 is 1.05. The number of rotatable bonds is 2. The number of hydrogen-bond donors (Lipinski definition) is 1. The lowest BCUT2D eigenvalue weighted by Crippen LogP contribution is -1.90. The summed E-state index contributed by atoms with van der Waals surface area (Å²) in [4.78, 5) is 4.50. The Kier molecular flexibility index (Phi) is 3.35. The van der Waals surface area contributed by atoms with E-state index in [1.54, 1.807) is 11.3 Å². The number of hydrogen-bond acceptors (Lipinski definition) is 3. The van der Waals surface area contributed by atoms with Crippen LogP contribution in [-0.4, -0.2) is 4.98 Å². The van der Waals surface area contributed by atoms with Crippen molar-refractivity contribution in [3.8, 4) is 0 Å². The van der Waals surface area contributed by atoms with Gasteiger partial charge in [0.25, 0.3) is 0 Å². The van der Waals surface area contributed by atoms with Gasteiger partial charge in [0.1, 0.15) is 0 Å². The standard InChI is InChI=1S/C14H10Cl2N2S/c1-8-2-4-11(10(16)6-8)17-14-18-12-5-3-9(15)7-13(12)19-14/h2-7H,1H3,(H,17,18). The molecule has 1 heterocycles. The van der Waals surface area contributed by atoms with Gasteiger partial charge in [0.2, 0.25) is 0 Å². The fourth-order valence-corrected chi connectivity index (χ4v) is 3.23. The van der Waals surface area contributed by atoms with E-state index in [4.69, 9.17) is 23.2 Å². The minimum atomic E-state index is 0.692. The highest BCUT2D eigenvalue weighted by Crippen LogP contribution is 2.32. The smallest absolute Gasteiger partial charge is 0.188 e. The summed E-state index contributed by atoms with van der Waals surface area (Å²) >= 11 is 13.7. The van der Waals surface area contributed by atoms with Crippen LogP contribution in [0.1, 0.15) is 5.56 Å². The first kappa shape index (κ1) is 12.7. The Bertz CT molecular complexity index is 752. The summed E-state index contributed by atoms with van der Waals surface area (Å²) in [5.41, 5.74) is 2.92. The molecule has 2 aromatic carbocycles. The second-order valence-corrected chi connectivity index (χ2v) is 6.11. The number of anilines is 2. The van der Waals surface area contributed by atoms with Crippen molar-refractivity contribution >= 4 is 55.6 Å². The second kappa shape index (κ2) is 5.00. The highest BCUT2D eigenvalue weighted by atomic mass is 35.5. The van der Waals surface area contributed by atoms with Gasteiger partial charge in [-0.15, -0.1) is 0 Å². The largest absolute Gasteiger partial charge is 0.330 e. The Hall–Kier alpha value is -1.29. The Balaban J connectivity index is 1.96. The van der Waals surface area contributed by atoms with Crippen molar-refractivity contribution in [1.29, 1.82) is 0 Å². The van der Waals surface area contributed by atoms with E-state index in [0.717, 1.165) is 31.6 Å². The van der Waals surface area contributed by atoms with E-state index in [2.05, 4.69) is 10.3 Å². The van der Waals surface area contributed by atoms with E-state index in [9.17, 15) is 0 Å². The molecule has 0 aliphatic rings. The van der Waals surface area contributed by atoms with Crippen LogP contribution in [0.15, 0.2) is 36.4 Å². The lowest BCUT2D eigenvalue weighted by atomic mass is 10.2. The van der Waals surface area contributed by atoms with Crippen LogP contribution >= 0.6 is 34.5 Å². The van der Waals surface area contributed by atoms with Crippen LogP contribution in [0, 0.1) is 6.92 Å². The highest BCUT2D eigenvalue weighted by molar-refractivity contribution is 7.22. The van der Waals surface area contributed by atoms with Gasteiger partial charge in [0, 0.05) is 5.02 Å². The van der Waals surface area contributed by atoms with Gasteiger partial charge < -0.3 is 5.32 Å². The first-order chi connectivity index (χ1) is 9.11. The van der Waals surface area contributed by atoms with Crippen LogP contribution in [0.2, 0.25) is 10.0 Å². The van der Waals surface area contributed by atoms with Gasteiger partial charge in [0.15, 0.2) is 5.13 Å². The van der Waals surface area contributed by atoms with Crippen LogP contribution in [0.3, 0.4) is 0 Å². The van der Waals surface area contributed by atoms with Crippen LogP contribution in [0.5, 0.6) is 0 Å². The molecule has 1 aromatic heterocycles. The number of aryl methyl sites for hydroxylation is 1. The quantitative estimate of drug-likeness (QED) is 0.661. The van der Waals surface area contributed by atoms with Crippen molar-refractivity contribution in [2.45, 2.75) is 6.92 Å². The highest BCUT2D eigenvalue weighted by Gasteiger charge is 2.06. The van der Waals surface area contributed by atoms with E-state index < -0.39 is 0 Å². The molecule has 5 heteroatoms. The zero-order chi connectivity index (χ0) is 13.4. The molecule has 0 fully saturated rings. The molecule has 0 saturated carbocycles. The van der Waals surface area contributed by atoms with E-state index in [-0.39, 0.29) is 0 Å². The average molecular weight is 309 g/mol. The minimum Gasteiger partial charge on any atom is -0.330 e. The Labute approximate surface area is 125 Å². The monoisotopic (exact) mass is 308 g/mol. The molecule has 3 rings (SSSR count). The molecule has 96 valence electrons. The van der Waals surface area contributed by atoms with E-state index in [0.29, 0.717) is 5.02 Å². The van der Waals surface area contributed by atoms with Crippen molar-refractivity contribution in [3.05, 3.63) is 52.0 Å². The van der Waals surface area contributed by atoms with Gasteiger partial charge in [-0.2, -0.15) is 0 Å². The molecule has 0 spiro atoms. The van der Waals surface area contributed by atoms with Crippen molar-refractivity contribution in [3.63, 3.8) is 0 Å². The lowest BCUT2D eigenvalue weighted by Gasteiger charge is -2.05. The Morgan fingerprint density at radius 3 is 2.74 bits per heavy atom. The third-order valence-electron chi connectivity index (χ3n) is 2.72. The van der Waals surface area contributed by atoms with Gasteiger partial charge in [-0.3, -0.25) is 0 Å². The number of aromatic nitrogens is 1. The van der Waals surface area contributed by atoms with Gasteiger partial charge in [-0.05, 0) is 42.8 Å². The minimum absolute atomic E-state index is 0.692. The van der Waals surface area contributed by atoms with Crippen LogP contribution < -0.4 is 5.32 Å². The van der Waals surface area contributed by atoms with E-state index in [1.165, 1.54) is 0 Å². The summed E-state index contributed by atoms with van der Waals surface area (Å²) in [6.45, 7) is 2.01. The van der Waals surface area contributed by atoms with Crippen molar-refractivity contribution < 1.29 is 0 Å². The van der Waals surface area contributed by atoms with Gasteiger partial charge >= 0.3 is 0 Å². The number of benzene rings is 2. The number of thiazole rings is 1. The summed E-state index contributed by atoms with van der Waals surface area (Å²) in [6, 6.07) is 11.6. The zero-order valence-electron chi connectivity index (χ0n) is 10.1. The molecule has 0 saturated heterocycles. The SMILES string of the molecule is Cc1ccc(Nc2nc3ccc(Cl)cc3s2)c(Cl)c1. The van der Waals surface area contributed by atoms with Crippen molar-refractivity contribution in [2.75, 3.05) is 5.32 Å². The predicted octanol–water partition coefficient (Wildman–Crippen LogP) is 5.66. The first-order valence-corrected chi connectivity index (χ1v) is 7.28. The van der Waals surface area contributed by atoms with Gasteiger partial charge in [0.05, 0.1) is 20.9 Å². The fourth-order valence-electron chi connectivity index (χ4n) is 1.79. The maximum Gasteiger partial charge on any atom is 0.188 e. The van der Waals surface area contributed by atoms with Crippen LogP contribution in [0.4, 0.5) is 10.8 Å². The molecule has 0 amide bonds. The molecular formula is C14H10Cl2N2S. The maximum absolute atomic E-state index is 6.20. The molecule has 0 atom stereocenters. The zero-order valence-corrected chi connectivity index (χ0v) is 12.4. The third-order valence-corrected chi connectivity index (χ3v) is 4.20. The number of fused-ring (bicyclic) bond motifs is 1. The fraction of sp³-hybridized carbons (Fsp3) is 0.0714.